The zero-order valence-electron chi connectivity index (χ0n) is 27.4. The predicted molar refractivity (Wildman–Crippen MR) is 193 cm³/mol. The van der Waals surface area contributed by atoms with E-state index in [1.165, 1.54) is 94.3 Å². The van der Waals surface area contributed by atoms with Gasteiger partial charge < -0.3 is 4.57 Å². The molecule has 222 valence electrons. The van der Waals surface area contributed by atoms with Crippen molar-refractivity contribution in [2.75, 3.05) is 0 Å². The van der Waals surface area contributed by atoms with Crippen LogP contribution in [0.4, 0.5) is 0 Å². The molecule has 0 saturated heterocycles. The second-order valence-electron chi connectivity index (χ2n) is 15.4. The molecule has 0 spiro atoms. The Hall–Kier alpha value is -4.88. The highest BCUT2D eigenvalue weighted by atomic mass is 15.0. The zero-order chi connectivity index (χ0) is 31.3. The van der Waals surface area contributed by atoms with Crippen LogP contribution in [0, 0.1) is 0 Å². The van der Waals surface area contributed by atoms with Crippen LogP contribution in [0.3, 0.4) is 0 Å². The Morgan fingerprint density at radius 1 is 0.370 bits per heavy atom. The summed E-state index contributed by atoms with van der Waals surface area (Å²) < 4.78 is 2.61. The van der Waals surface area contributed by atoms with Crippen LogP contribution in [0.2, 0.25) is 0 Å². The molecule has 0 unspecified atom stereocenters. The summed E-state index contributed by atoms with van der Waals surface area (Å²) in [4.78, 5) is 0. The Morgan fingerprint density at radius 2 is 0.891 bits per heavy atom. The van der Waals surface area contributed by atoms with E-state index in [1.807, 2.05) is 0 Å². The number of benzene rings is 6. The number of para-hydroxylation sites is 2. The number of aromatic nitrogens is 1. The smallest absolute Gasteiger partial charge is 0.0582 e. The van der Waals surface area contributed by atoms with Gasteiger partial charge in [-0.1, -0.05) is 139 Å². The summed E-state index contributed by atoms with van der Waals surface area (Å²) in [7, 11) is 0. The van der Waals surface area contributed by atoms with E-state index < -0.39 is 0 Å². The van der Waals surface area contributed by atoms with Gasteiger partial charge in [0.1, 0.15) is 0 Å². The highest BCUT2D eigenvalue weighted by Gasteiger charge is 2.43. The van der Waals surface area contributed by atoms with Crippen molar-refractivity contribution in [2.24, 2.45) is 0 Å². The molecule has 1 aliphatic carbocycles. The van der Waals surface area contributed by atoms with Crippen molar-refractivity contribution in [2.45, 2.75) is 57.8 Å². The van der Waals surface area contributed by atoms with E-state index in [2.05, 4.69) is 161 Å². The molecule has 1 nitrogen and oxygen atoms in total. The Balaban J connectivity index is 1.14. The minimum absolute atomic E-state index is 0.000572. The van der Waals surface area contributed by atoms with Crippen LogP contribution in [-0.2, 0) is 16.2 Å². The number of fused-ring (bicyclic) bond motifs is 4. The third kappa shape index (κ3) is 3.02. The lowest BCUT2D eigenvalue weighted by molar-refractivity contribution is 0.594. The molecule has 3 heterocycles. The van der Waals surface area contributed by atoms with E-state index in [1.54, 1.807) is 0 Å². The van der Waals surface area contributed by atoms with E-state index in [0.29, 0.717) is 0 Å². The molecule has 0 atom stereocenters. The molecule has 0 saturated carbocycles. The van der Waals surface area contributed by atoms with E-state index in [0.717, 1.165) is 0 Å². The molecular formula is C45H37N. The number of rotatable bonds is 2. The van der Waals surface area contributed by atoms with Gasteiger partial charge >= 0.3 is 0 Å². The topological polar surface area (TPSA) is 4.93 Å². The van der Waals surface area contributed by atoms with Gasteiger partial charge in [-0.2, -0.15) is 0 Å². The Morgan fingerprint density at radius 3 is 1.65 bits per heavy atom. The summed E-state index contributed by atoms with van der Waals surface area (Å²) in [5.74, 6) is 0. The van der Waals surface area contributed by atoms with Crippen LogP contribution in [-0.4, -0.2) is 4.57 Å². The molecule has 0 fully saturated rings. The van der Waals surface area contributed by atoms with Crippen LogP contribution in [0.5, 0.6) is 0 Å². The van der Waals surface area contributed by atoms with Gasteiger partial charge in [0.2, 0.25) is 0 Å². The molecule has 10 rings (SSSR count). The summed E-state index contributed by atoms with van der Waals surface area (Å²) in [6.45, 7) is 14.3. The number of hydrogen-bond acceptors (Lipinski definition) is 0. The molecule has 1 heteroatoms. The van der Waals surface area contributed by atoms with Crippen molar-refractivity contribution in [1.29, 1.82) is 0 Å². The van der Waals surface area contributed by atoms with E-state index >= 15 is 0 Å². The monoisotopic (exact) mass is 591 g/mol. The maximum absolute atomic E-state index is 2.61. The van der Waals surface area contributed by atoms with Gasteiger partial charge in [-0.05, 0) is 85.0 Å². The molecule has 3 aliphatic rings. The fourth-order valence-corrected chi connectivity index (χ4v) is 9.39. The molecule has 7 aromatic rings. The first-order valence-corrected chi connectivity index (χ1v) is 16.7. The van der Waals surface area contributed by atoms with Crippen molar-refractivity contribution in [3.8, 4) is 39.1 Å². The summed E-state index contributed by atoms with van der Waals surface area (Å²) in [5, 5.41) is 2.72. The maximum Gasteiger partial charge on any atom is 0.0582 e. The highest BCUT2D eigenvalue weighted by Crippen LogP contribution is 2.56. The third-order valence-corrected chi connectivity index (χ3v) is 12.0. The lowest BCUT2D eigenvalue weighted by atomic mass is 9.68. The lowest BCUT2D eigenvalue weighted by Gasteiger charge is -2.42. The van der Waals surface area contributed by atoms with Gasteiger partial charge in [-0.3, -0.25) is 0 Å². The van der Waals surface area contributed by atoms with Crippen LogP contribution in [0.1, 0.15) is 74.9 Å². The van der Waals surface area contributed by atoms with Gasteiger partial charge in [0.25, 0.3) is 0 Å². The van der Waals surface area contributed by atoms with E-state index in [9.17, 15) is 0 Å². The van der Waals surface area contributed by atoms with Crippen molar-refractivity contribution >= 4 is 21.8 Å². The first kappa shape index (κ1) is 26.3. The SMILES string of the molecule is CC1(C)c2ccccc2-c2ccc(-c3ccc(-c4cc5c6c(c4)c4cccc7c4n6-c4c(cccc4C5(C)C)C7(C)C)cc3)cc21. The average Bonchev–Trinajstić information content (AvgIpc) is 3.52. The van der Waals surface area contributed by atoms with Crippen molar-refractivity contribution in [1.82, 2.24) is 4.57 Å². The predicted octanol–water partition coefficient (Wildman–Crippen LogP) is 11.7. The lowest BCUT2D eigenvalue weighted by Crippen LogP contribution is -2.33. The number of hydrogen-bond donors (Lipinski definition) is 0. The quantitative estimate of drug-likeness (QED) is 0.188. The molecule has 0 radical (unpaired) electrons. The first-order chi connectivity index (χ1) is 22.1. The van der Waals surface area contributed by atoms with Crippen molar-refractivity contribution < 1.29 is 0 Å². The molecule has 6 aromatic carbocycles. The summed E-state index contributed by atoms with van der Waals surface area (Å²) in [5.41, 5.74) is 20.4. The summed E-state index contributed by atoms with van der Waals surface area (Å²) in [6.07, 6.45) is 0. The second kappa shape index (κ2) is 8.28. The first-order valence-electron chi connectivity index (χ1n) is 16.7. The molecule has 0 N–H and O–H groups in total. The van der Waals surface area contributed by atoms with Gasteiger partial charge in [0, 0.05) is 27.0 Å². The highest BCUT2D eigenvalue weighted by molar-refractivity contribution is 6.15. The van der Waals surface area contributed by atoms with Gasteiger partial charge in [-0.15, -0.1) is 0 Å². The van der Waals surface area contributed by atoms with Gasteiger partial charge in [0.05, 0.1) is 16.7 Å². The molecular weight excluding hydrogens is 555 g/mol. The minimum atomic E-state index is -0.119. The standard InChI is InChI=1S/C45H37N/c1-43(2)34-13-8-7-11-30(34)31-22-21-28(24-38(31)43)26-17-19-27(20-18-26)29-23-33-32-12-9-14-35-40(32)46-41(33)39(25-29)45(5,6)37-16-10-15-36(42(37)46)44(35,3)4/h7-25H,1-6H3. The molecule has 0 amide bonds. The Kier molecular flexibility index (Phi) is 4.74. The van der Waals surface area contributed by atoms with E-state index in [4.69, 9.17) is 0 Å². The van der Waals surface area contributed by atoms with Crippen molar-refractivity contribution in [3.63, 3.8) is 0 Å². The minimum Gasteiger partial charge on any atom is -0.308 e. The van der Waals surface area contributed by atoms with E-state index in [-0.39, 0.29) is 16.2 Å². The van der Waals surface area contributed by atoms with Gasteiger partial charge in [0.15, 0.2) is 0 Å². The molecule has 46 heavy (non-hydrogen) atoms. The number of nitrogens with zero attached hydrogens (tertiary/aromatic N) is 1. The fourth-order valence-electron chi connectivity index (χ4n) is 9.39. The van der Waals surface area contributed by atoms with Crippen LogP contribution in [0.25, 0.3) is 60.9 Å². The molecule has 1 aromatic heterocycles. The van der Waals surface area contributed by atoms with Crippen LogP contribution >= 0.6 is 0 Å². The van der Waals surface area contributed by atoms with Crippen LogP contribution < -0.4 is 0 Å². The largest absolute Gasteiger partial charge is 0.308 e. The Bertz CT molecular complexity index is 2480. The molecule has 0 bridgehead atoms. The average molecular weight is 592 g/mol. The van der Waals surface area contributed by atoms with Gasteiger partial charge in [-0.25, -0.2) is 0 Å². The second-order valence-corrected chi connectivity index (χ2v) is 15.4. The van der Waals surface area contributed by atoms with Crippen molar-refractivity contribution in [3.05, 3.63) is 149 Å². The van der Waals surface area contributed by atoms with Crippen LogP contribution in [0.15, 0.2) is 115 Å². The molecule has 2 aliphatic heterocycles. The Labute approximate surface area is 271 Å². The zero-order valence-corrected chi connectivity index (χ0v) is 27.4. The fraction of sp³-hybridized carbons (Fsp3) is 0.200. The normalized spacial score (nSPS) is 17.0. The maximum atomic E-state index is 2.61. The summed E-state index contributed by atoms with van der Waals surface area (Å²) in [6, 6.07) is 44.1. The summed E-state index contributed by atoms with van der Waals surface area (Å²) >= 11 is 0. The third-order valence-electron chi connectivity index (χ3n) is 12.0.